The summed E-state index contributed by atoms with van der Waals surface area (Å²) in [6, 6.07) is 2.12. The summed E-state index contributed by atoms with van der Waals surface area (Å²) in [5.74, 6) is 0.609. The van der Waals surface area contributed by atoms with Gasteiger partial charge in [-0.2, -0.15) is 0 Å². The molecule has 2 aliphatic heterocycles. The minimum Gasteiger partial charge on any atom is -0.370 e. The van der Waals surface area contributed by atoms with Crippen LogP contribution in [0.3, 0.4) is 0 Å². The molecule has 6 heteroatoms. The molecule has 1 aromatic rings. The number of guanidine groups is 1. The molecule has 120 valence electrons. The summed E-state index contributed by atoms with van der Waals surface area (Å²) in [4.78, 5) is 22.1. The van der Waals surface area contributed by atoms with E-state index in [0.717, 1.165) is 45.4 Å². The molecule has 3 heterocycles. The second kappa shape index (κ2) is 7.13. The summed E-state index contributed by atoms with van der Waals surface area (Å²) < 4.78 is 0. The molecule has 0 atom stereocenters. The van der Waals surface area contributed by atoms with Crippen molar-refractivity contribution in [3.05, 3.63) is 21.9 Å². The highest BCUT2D eigenvalue weighted by Crippen LogP contribution is 2.23. The third-order valence-electron chi connectivity index (χ3n) is 4.47. The number of rotatable bonds is 2. The molecule has 1 saturated heterocycles. The number of carbonyl (C=O) groups is 1. The zero-order chi connectivity index (χ0) is 15.4. The summed E-state index contributed by atoms with van der Waals surface area (Å²) in [7, 11) is 0. The lowest BCUT2D eigenvalue weighted by Crippen LogP contribution is -2.40. The molecule has 0 spiro atoms. The highest BCUT2D eigenvalue weighted by atomic mass is 32.1. The van der Waals surface area contributed by atoms with Crippen LogP contribution in [-0.4, -0.2) is 47.8 Å². The molecule has 5 nitrogen and oxygen atoms in total. The fraction of sp³-hybridized carbons (Fsp3) is 0.625. The van der Waals surface area contributed by atoms with E-state index in [0.29, 0.717) is 5.96 Å². The largest absolute Gasteiger partial charge is 0.370 e. The van der Waals surface area contributed by atoms with Gasteiger partial charge in [0, 0.05) is 31.1 Å². The number of thiophene rings is 1. The van der Waals surface area contributed by atoms with Crippen LogP contribution in [0, 0.1) is 0 Å². The van der Waals surface area contributed by atoms with Gasteiger partial charge in [0.25, 0.3) is 0 Å². The van der Waals surface area contributed by atoms with Gasteiger partial charge < -0.3 is 15.5 Å². The highest BCUT2D eigenvalue weighted by molar-refractivity contribution is 7.10. The lowest BCUT2D eigenvalue weighted by atomic mass is 10.1. The van der Waals surface area contributed by atoms with Gasteiger partial charge in [-0.15, -0.1) is 11.3 Å². The molecular weight excluding hydrogens is 296 g/mol. The fourth-order valence-corrected chi connectivity index (χ4v) is 4.00. The summed E-state index contributed by atoms with van der Waals surface area (Å²) in [6.45, 7) is 3.61. The number of fused-ring (bicyclic) bond motifs is 1. The number of hydrogen-bond acceptors (Lipinski definition) is 3. The zero-order valence-corrected chi connectivity index (χ0v) is 13.8. The summed E-state index contributed by atoms with van der Waals surface area (Å²) in [6.07, 6.45) is 5.82. The maximum Gasteiger partial charge on any atom is 0.244 e. The maximum atomic E-state index is 12.3. The van der Waals surface area contributed by atoms with Crippen molar-refractivity contribution in [2.75, 3.05) is 26.2 Å². The van der Waals surface area contributed by atoms with Crippen LogP contribution in [0.2, 0.25) is 0 Å². The Morgan fingerprint density at radius 2 is 1.95 bits per heavy atom. The second-order valence-electron chi connectivity index (χ2n) is 6.01. The van der Waals surface area contributed by atoms with E-state index in [2.05, 4.69) is 21.3 Å². The normalized spacial score (nSPS) is 19.7. The first-order chi connectivity index (χ1) is 10.7. The van der Waals surface area contributed by atoms with E-state index in [9.17, 15) is 4.79 Å². The van der Waals surface area contributed by atoms with E-state index >= 15 is 0 Å². The Morgan fingerprint density at radius 1 is 1.18 bits per heavy atom. The smallest absolute Gasteiger partial charge is 0.244 e. The van der Waals surface area contributed by atoms with Crippen molar-refractivity contribution in [1.29, 1.82) is 0 Å². The first-order valence-corrected chi connectivity index (χ1v) is 9.00. The highest BCUT2D eigenvalue weighted by Gasteiger charge is 2.21. The Morgan fingerprint density at radius 3 is 2.73 bits per heavy atom. The van der Waals surface area contributed by atoms with Gasteiger partial charge in [-0.25, -0.2) is 4.99 Å². The maximum absolute atomic E-state index is 12.3. The molecule has 0 radical (unpaired) electrons. The molecule has 0 saturated carbocycles. The van der Waals surface area contributed by atoms with Crippen LogP contribution in [0.5, 0.6) is 0 Å². The Kier molecular flexibility index (Phi) is 4.97. The molecule has 0 unspecified atom stereocenters. The number of carbonyl (C=O) groups excluding carboxylic acids is 1. The van der Waals surface area contributed by atoms with Crippen LogP contribution in [0.25, 0.3) is 0 Å². The molecule has 1 amide bonds. The van der Waals surface area contributed by atoms with Gasteiger partial charge in [0.15, 0.2) is 5.96 Å². The third kappa shape index (κ3) is 3.61. The number of amides is 1. The molecule has 0 bridgehead atoms. The minimum atomic E-state index is 0.0784. The van der Waals surface area contributed by atoms with Crippen LogP contribution < -0.4 is 5.73 Å². The summed E-state index contributed by atoms with van der Waals surface area (Å²) in [5, 5.41) is 2.11. The number of hydrogen-bond donors (Lipinski definition) is 1. The van der Waals surface area contributed by atoms with Crippen molar-refractivity contribution < 1.29 is 4.79 Å². The van der Waals surface area contributed by atoms with Crippen LogP contribution in [0.15, 0.2) is 16.4 Å². The SMILES string of the molecule is NC(=NCC(=O)N1CCc2sccc2C1)N1CCCCCC1. The van der Waals surface area contributed by atoms with E-state index < -0.39 is 0 Å². The molecule has 22 heavy (non-hydrogen) atoms. The molecule has 1 fully saturated rings. The van der Waals surface area contributed by atoms with Gasteiger partial charge in [-0.3, -0.25) is 4.79 Å². The molecule has 2 N–H and O–H groups in total. The zero-order valence-electron chi connectivity index (χ0n) is 13.0. The van der Waals surface area contributed by atoms with Crippen LogP contribution in [-0.2, 0) is 17.8 Å². The molecule has 1 aromatic heterocycles. The van der Waals surface area contributed by atoms with Crippen LogP contribution >= 0.6 is 11.3 Å². The van der Waals surface area contributed by atoms with E-state index in [1.54, 1.807) is 11.3 Å². The quantitative estimate of drug-likeness (QED) is 0.668. The second-order valence-corrected chi connectivity index (χ2v) is 7.01. The minimum absolute atomic E-state index is 0.0784. The number of nitrogens with two attached hydrogens (primary N) is 1. The van der Waals surface area contributed by atoms with E-state index in [1.165, 1.54) is 23.3 Å². The van der Waals surface area contributed by atoms with E-state index in [1.807, 2.05) is 4.90 Å². The topological polar surface area (TPSA) is 61.9 Å². The standard InChI is InChI=1S/C16H24N4OS/c17-16(19-7-3-1-2-4-8-19)18-11-15(21)20-9-5-14-13(12-20)6-10-22-14/h6,10H,1-5,7-9,11-12H2,(H2,17,18). The average molecular weight is 320 g/mol. The van der Waals surface area contributed by atoms with Crippen molar-refractivity contribution in [3.8, 4) is 0 Å². The molecule has 3 rings (SSSR count). The van der Waals surface area contributed by atoms with Gasteiger partial charge in [0.1, 0.15) is 6.54 Å². The Labute approximate surface area is 135 Å². The van der Waals surface area contributed by atoms with Gasteiger partial charge in [0.2, 0.25) is 5.91 Å². The van der Waals surface area contributed by atoms with Gasteiger partial charge in [0.05, 0.1) is 0 Å². The third-order valence-corrected chi connectivity index (χ3v) is 5.49. The number of aliphatic imine (C=N–C) groups is 1. The predicted octanol–water partition coefficient (Wildman–Crippen LogP) is 1.82. The average Bonchev–Trinajstić information content (AvgIpc) is 2.83. The van der Waals surface area contributed by atoms with Crippen molar-refractivity contribution in [2.24, 2.45) is 10.7 Å². The monoisotopic (exact) mass is 320 g/mol. The van der Waals surface area contributed by atoms with Gasteiger partial charge in [-0.05, 0) is 36.3 Å². The molecule has 0 aliphatic carbocycles. The van der Waals surface area contributed by atoms with Crippen LogP contribution in [0.1, 0.15) is 36.1 Å². The van der Waals surface area contributed by atoms with Crippen molar-refractivity contribution in [3.63, 3.8) is 0 Å². The van der Waals surface area contributed by atoms with E-state index in [4.69, 9.17) is 5.73 Å². The number of nitrogens with zero attached hydrogens (tertiary/aromatic N) is 3. The van der Waals surface area contributed by atoms with Gasteiger partial charge >= 0.3 is 0 Å². The molecular formula is C16H24N4OS. The van der Waals surface area contributed by atoms with Gasteiger partial charge in [-0.1, -0.05) is 12.8 Å². The lowest BCUT2D eigenvalue weighted by molar-refractivity contribution is -0.130. The number of likely N-dealkylation sites (tertiary alicyclic amines) is 1. The lowest BCUT2D eigenvalue weighted by Gasteiger charge is -2.27. The molecule has 2 aliphatic rings. The fourth-order valence-electron chi connectivity index (χ4n) is 3.11. The van der Waals surface area contributed by atoms with Crippen LogP contribution in [0.4, 0.5) is 0 Å². The first kappa shape index (κ1) is 15.3. The first-order valence-electron chi connectivity index (χ1n) is 8.12. The Bertz CT molecular complexity index is 546. The Hall–Kier alpha value is -1.56. The van der Waals surface area contributed by atoms with Crippen molar-refractivity contribution in [1.82, 2.24) is 9.80 Å². The van der Waals surface area contributed by atoms with E-state index in [-0.39, 0.29) is 12.5 Å². The van der Waals surface area contributed by atoms with Crippen molar-refractivity contribution in [2.45, 2.75) is 38.6 Å². The summed E-state index contributed by atoms with van der Waals surface area (Å²) >= 11 is 1.79. The molecule has 0 aromatic carbocycles. The Balaban J connectivity index is 1.54. The predicted molar refractivity (Wildman–Crippen MR) is 90.0 cm³/mol. The summed E-state index contributed by atoms with van der Waals surface area (Å²) in [5.41, 5.74) is 7.35. The van der Waals surface area contributed by atoms with Crippen molar-refractivity contribution >= 4 is 23.2 Å².